The molecule has 4 nitrogen and oxygen atoms in total. The van der Waals surface area contributed by atoms with Crippen molar-refractivity contribution < 1.29 is 21.9 Å². The lowest BCUT2D eigenvalue weighted by molar-refractivity contribution is 0.189. The molecule has 0 aliphatic carbocycles. The highest BCUT2D eigenvalue weighted by Crippen LogP contribution is 2.21. The van der Waals surface area contributed by atoms with Crippen LogP contribution in [0.4, 0.5) is 8.78 Å². The van der Waals surface area contributed by atoms with Crippen LogP contribution < -0.4 is 0 Å². The molecule has 0 amide bonds. The Morgan fingerprint density at radius 3 is 2.33 bits per heavy atom. The second-order valence-electron chi connectivity index (χ2n) is 3.72. The van der Waals surface area contributed by atoms with Gasteiger partial charge in [0.2, 0.25) is 10.0 Å². The fourth-order valence-electron chi connectivity index (χ4n) is 1.44. The van der Waals surface area contributed by atoms with Crippen LogP contribution in [0, 0.1) is 11.6 Å². The van der Waals surface area contributed by atoms with Crippen LogP contribution in [0.1, 0.15) is 6.42 Å². The van der Waals surface area contributed by atoms with E-state index in [4.69, 9.17) is 4.74 Å². The summed E-state index contributed by atoms with van der Waals surface area (Å²) in [5.41, 5.74) is 0. The van der Waals surface area contributed by atoms with Crippen LogP contribution in [-0.4, -0.2) is 40.0 Å². The van der Waals surface area contributed by atoms with Gasteiger partial charge in [-0.2, -0.15) is 0 Å². The summed E-state index contributed by atoms with van der Waals surface area (Å²) in [6.45, 7) is 0.504. The maximum absolute atomic E-state index is 13.4. The first-order valence-corrected chi connectivity index (χ1v) is 6.74. The highest BCUT2D eigenvalue weighted by Gasteiger charge is 2.27. The molecule has 18 heavy (non-hydrogen) atoms. The molecule has 0 heterocycles. The van der Waals surface area contributed by atoms with Crippen LogP contribution in [0.15, 0.2) is 23.1 Å². The third kappa shape index (κ3) is 3.24. The van der Waals surface area contributed by atoms with Gasteiger partial charge in [0.1, 0.15) is 11.6 Å². The predicted octanol–water partition coefficient (Wildman–Crippen LogP) is 1.62. The van der Waals surface area contributed by atoms with E-state index in [2.05, 4.69) is 0 Å². The molecule has 0 saturated heterocycles. The standard InChI is InChI=1S/C11H15F2NO3S/c1-14(7-4-8-17-2)18(15,16)11-9(12)5-3-6-10(11)13/h3,5-6H,4,7-8H2,1-2H3. The molecule has 0 N–H and O–H groups in total. The molecule has 0 spiro atoms. The summed E-state index contributed by atoms with van der Waals surface area (Å²) in [5.74, 6) is -2.18. The molecular weight excluding hydrogens is 264 g/mol. The van der Waals surface area contributed by atoms with Gasteiger partial charge in [-0.3, -0.25) is 0 Å². The van der Waals surface area contributed by atoms with Gasteiger partial charge in [0.15, 0.2) is 4.90 Å². The molecular formula is C11H15F2NO3S. The van der Waals surface area contributed by atoms with Gasteiger partial charge in [0.25, 0.3) is 0 Å². The van der Waals surface area contributed by atoms with Gasteiger partial charge < -0.3 is 4.74 Å². The normalized spacial score (nSPS) is 12.1. The molecule has 0 fully saturated rings. The van der Waals surface area contributed by atoms with Crippen molar-refractivity contribution in [2.75, 3.05) is 27.3 Å². The van der Waals surface area contributed by atoms with E-state index in [1.54, 1.807) is 0 Å². The quantitative estimate of drug-likeness (QED) is 0.743. The van der Waals surface area contributed by atoms with Crippen LogP contribution in [0.25, 0.3) is 0 Å². The predicted molar refractivity (Wildman–Crippen MR) is 62.7 cm³/mol. The van der Waals surface area contributed by atoms with Gasteiger partial charge in [0, 0.05) is 27.3 Å². The van der Waals surface area contributed by atoms with E-state index in [1.165, 1.54) is 14.2 Å². The number of ether oxygens (including phenoxy) is 1. The first kappa shape index (κ1) is 15.0. The Bertz CT molecular complexity index is 485. The van der Waals surface area contributed by atoms with Gasteiger partial charge in [0.05, 0.1) is 0 Å². The van der Waals surface area contributed by atoms with Crippen LogP contribution in [0.5, 0.6) is 0 Å². The number of halogens is 2. The second-order valence-corrected chi connectivity index (χ2v) is 5.71. The van der Waals surface area contributed by atoms with E-state index < -0.39 is 26.6 Å². The molecule has 0 radical (unpaired) electrons. The zero-order valence-electron chi connectivity index (χ0n) is 10.2. The molecule has 1 aromatic carbocycles. The largest absolute Gasteiger partial charge is 0.385 e. The lowest BCUT2D eigenvalue weighted by Crippen LogP contribution is -2.30. The molecule has 0 aromatic heterocycles. The van der Waals surface area contributed by atoms with Crippen molar-refractivity contribution in [3.8, 4) is 0 Å². The van der Waals surface area contributed by atoms with Crippen LogP contribution in [-0.2, 0) is 14.8 Å². The molecule has 0 saturated carbocycles. The average molecular weight is 279 g/mol. The Morgan fingerprint density at radius 1 is 1.28 bits per heavy atom. The van der Waals surface area contributed by atoms with Gasteiger partial charge in [-0.1, -0.05) is 6.07 Å². The molecule has 0 atom stereocenters. The fourth-order valence-corrected chi connectivity index (χ4v) is 2.75. The number of hydrogen-bond donors (Lipinski definition) is 0. The Labute approximate surface area is 105 Å². The van der Waals surface area contributed by atoms with Crippen molar-refractivity contribution in [2.45, 2.75) is 11.3 Å². The summed E-state index contributed by atoms with van der Waals surface area (Å²) >= 11 is 0. The van der Waals surface area contributed by atoms with Crippen LogP contribution in [0.3, 0.4) is 0 Å². The first-order valence-electron chi connectivity index (χ1n) is 5.30. The Balaban J connectivity index is 2.99. The third-order valence-corrected chi connectivity index (χ3v) is 4.32. The third-order valence-electron chi connectivity index (χ3n) is 2.41. The van der Waals surface area contributed by atoms with Crippen molar-refractivity contribution in [1.29, 1.82) is 0 Å². The smallest absolute Gasteiger partial charge is 0.248 e. The highest BCUT2D eigenvalue weighted by molar-refractivity contribution is 7.89. The van der Waals surface area contributed by atoms with Crippen molar-refractivity contribution in [3.63, 3.8) is 0 Å². The van der Waals surface area contributed by atoms with Crippen LogP contribution >= 0.6 is 0 Å². The molecule has 0 unspecified atom stereocenters. The average Bonchev–Trinajstić information content (AvgIpc) is 2.28. The van der Waals surface area contributed by atoms with Crippen molar-refractivity contribution in [1.82, 2.24) is 4.31 Å². The SMILES string of the molecule is COCCCN(C)S(=O)(=O)c1c(F)cccc1F. The lowest BCUT2D eigenvalue weighted by atomic mass is 10.3. The van der Waals surface area contributed by atoms with Crippen LogP contribution in [0.2, 0.25) is 0 Å². The van der Waals surface area contributed by atoms with E-state index in [1.807, 2.05) is 0 Å². The topological polar surface area (TPSA) is 46.6 Å². The molecule has 0 aliphatic rings. The molecule has 102 valence electrons. The minimum absolute atomic E-state index is 0.129. The number of benzene rings is 1. The Hall–Kier alpha value is -1.05. The van der Waals surface area contributed by atoms with E-state index in [0.717, 1.165) is 22.5 Å². The minimum atomic E-state index is -4.15. The number of methoxy groups -OCH3 is 1. The van der Waals surface area contributed by atoms with Gasteiger partial charge >= 0.3 is 0 Å². The summed E-state index contributed by atoms with van der Waals surface area (Å²) in [7, 11) is -1.39. The summed E-state index contributed by atoms with van der Waals surface area (Å²) < 4.78 is 56.5. The van der Waals surface area contributed by atoms with Gasteiger partial charge in [-0.05, 0) is 18.6 Å². The summed E-state index contributed by atoms with van der Waals surface area (Å²) in [6.07, 6.45) is 0.447. The van der Waals surface area contributed by atoms with E-state index in [0.29, 0.717) is 13.0 Å². The maximum atomic E-state index is 13.4. The molecule has 0 bridgehead atoms. The Kier molecular flexibility index (Phi) is 5.18. The zero-order chi connectivity index (χ0) is 13.8. The maximum Gasteiger partial charge on any atom is 0.248 e. The second kappa shape index (κ2) is 6.21. The van der Waals surface area contributed by atoms with Gasteiger partial charge in [-0.25, -0.2) is 21.5 Å². The van der Waals surface area contributed by atoms with E-state index in [-0.39, 0.29) is 6.54 Å². The van der Waals surface area contributed by atoms with E-state index in [9.17, 15) is 17.2 Å². The summed E-state index contributed by atoms with van der Waals surface area (Å²) in [4.78, 5) is -0.912. The van der Waals surface area contributed by atoms with Gasteiger partial charge in [-0.15, -0.1) is 0 Å². The number of nitrogens with zero attached hydrogens (tertiary/aromatic N) is 1. The number of rotatable bonds is 6. The Morgan fingerprint density at radius 2 is 1.83 bits per heavy atom. The molecule has 0 aliphatic heterocycles. The van der Waals surface area contributed by atoms with E-state index >= 15 is 0 Å². The van der Waals surface area contributed by atoms with Crippen molar-refractivity contribution in [3.05, 3.63) is 29.8 Å². The highest BCUT2D eigenvalue weighted by atomic mass is 32.2. The van der Waals surface area contributed by atoms with Crippen molar-refractivity contribution >= 4 is 10.0 Å². The molecule has 1 rings (SSSR count). The molecule has 7 heteroatoms. The fraction of sp³-hybridized carbons (Fsp3) is 0.455. The number of sulfonamides is 1. The monoisotopic (exact) mass is 279 g/mol. The minimum Gasteiger partial charge on any atom is -0.385 e. The molecule has 1 aromatic rings. The lowest BCUT2D eigenvalue weighted by Gasteiger charge is -2.17. The first-order chi connectivity index (χ1) is 8.41. The van der Waals surface area contributed by atoms with Crippen molar-refractivity contribution in [2.24, 2.45) is 0 Å². The summed E-state index contributed by atoms with van der Waals surface area (Å²) in [6, 6.07) is 2.95. The zero-order valence-corrected chi connectivity index (χ0v) is 11.0. The number of hydrogen-bond acceptors (Lipinski definition) is 3. The summed E-state index contributed by atoms with van der Waals surface area (Å²) in [5, 5.41) is 0.